The Labute approximate surface area is 156 Å². The van der Waals surface area contributed by atoms with E-state index in [1.807, 2.05) is 0 Å². The predicted octanol–water partition coefficient (Wildman–Crippen LogP) is 2.88. The summed E-state index contributed by atoms with van der Waals surface area (Å²) in [5.74, 6) is -2.98. The molecule has 138 valence electrons. The van der Waals surface area contributed by atoms with E-state index in [1.54, 1.807) is 51.1 Å². The minimum atomic E-state index is -1.68. The number of imide groups is 1. The molecule has 2 aromatic rings. The zero-order chi connectivity index (χ0) is 19.8. The van der Waals surface area contributed by atoms with Crippen molar-refractivity contribution >= 4 is 23.6 Å². The molecule has 3 rings (SSSR count). The van der Waals surface area contributed by atoms with E-state index < -0.39 is 35.2 Å². The molecule has 0 fully saturated rings. The van der Waals surface area contributed by atoms with Crippen LogP contribution in [0.25, 0.3) is 0 Å². The van der Waals surface area contributed by atoms with E-state index in [9.17, 15) is 19.2 Å². The van der Waals surface area contributed by atoms with Crippen molar-refractivity contribution in [3.63, 3.8) is 0 Å². The van der Waals surface area contributed by atoms with Gasteiger partial charge in [-0.15, -0.1) is 0 Å². The highest BCUT2D eigenvalue weighted by Gasteiger charge is 2.47. The average Bonchev–Trinajstić information content (AvgIpc) is 2.87. The fourth-order valence-corrected chi connectivity index (χ4v) is 2.89. The summed E-state index contributed by atoms with van der Waals surface area (Å²) in [4.78, 5) is 52.2. The molecule has 0 aliphatic carbocycles. The van der Waals surface area contributed by atoms with Crippen molar-refractivity contribution in [2.24, 2.45) is 0 Å². The number of ketones is 1. The van der Waals surface area contributed by atoms with Crippen molar-refractivity contribution in [2.75, 3.05) is 0 Å². The number of ether oxygens (including phenoxy) is 1. The number of hydrogen-bond donors (Lipinski definition) is 0. The van der Waals surface area contributed by atoms with E-state index in [1.165, 1.54) is 24.3 Å². The molecule has 1 unspecified atom stereocenters. The van der Waals surface area contributed by atoms with Crippen molar-refractivity contribution in [3.8, 4) is 0 Å². The zero-order valence-electron chi connectivity index (χ0n) is 15.3. The molecule has 2 amide bonds. The number of amides is 2. The number of Topliss-reactive ketones (excluding diaryl/α,β-unsaturated/α-hetero) is 1. The Balaban J connectivity index is 2.06. The Hall–Kier alpha value is -3.28. The summed E-state index contributed by atoms with van der Waals surface area (Å²) in [5, 5.41) is 0. The third-order valence-electron chi connectivity index (χ3n) is 4.02. The molecule has 1 heterocycles. The zero-order valence-corrected chi connectivity index (χ0v) is 15.3. The fourth-order valence-electron chi connectivity index (χ4n) is 2.89. The van der Waals surface area contributed by atoms with Gasteiger partial charge < -0.3 is 4.74 Å². The predicted molar refractivity (Wildman–Crippen MR) is 97.3 cm³/mol. The SMILES string of the molecule is CC(C)(C)OC(=O)C(C(=O)c1ccccc1)N1C(=O)c2ccccc2C1=O. The standard InChI is InChI=1S/C21H19NO5/c1-21(2,3)27-20(26)16(17(23)13-9-5-4-6-10-13)22-18(24)14-11-7-8-12-15(14)19(22)25/h4-12,16H,1-3H3. The second-order valence-corrected chi connectivity index (χ2v) is 7.19. The number of rotatable bonds is 4. The molecule has 0 saturated heterocycles. The van der Waals surface area contributed by atoms with Gasteiger partial charge in [-0.3, -0.25) is 19.3 Å². The first-order valence-corrected chi connectivity index (χ1v) is 8.50. The molecule has 0 saturated carbocycles. The number of nitrogens with zero attached hydrogens (tertiary/aromatic N) is 1. The number of carbonyl (C=O) groups excluding carboxylic acids is 4. The third kappa shape index (κ3) is 3.51. The van der Waals surface area contributed by atoms with Crippen LogP contribution in [-0.4, -0.2) is 40.1 Å². The summed E-state index contributed by atoms with van der Waals surface area (Å²) in [6, 6.07) is 12.6. The molecular weight excluding hydrogens is 346 g/mol. The Morgan fingerprint density at radius 1 is 0.852 bits per heavy atom. The summed E-state index contributed by atoms with van der Waals surface area (Å²) < 4.78 is 5.34. The van der Waals surface area contributed by atoms with Crippen LogP contribution in [0.15, 0.2) is 54.6 Å². The number of hydrogen-bond acceptors (Lipinski definition) is 5. The monoisotopic (exact) mass is 365 g/mol. The molecule has 0 radical (unpaired) electrons. The van der Waals surface area contributed by atoms with Gasteiger partial charge in [0.1, 0.15) is 5.60 Å². The molecule has 1 atom stereocenters. The Bertz CT molecular complexity index is 892. The maximum atomic E-state index is 13.1. The van der Waals surface area contributed by atoms with Crippen LogP contribution in [0.4, 0.5) is 0 Å². The molecule has 27 heavy (non-hydrogen) atoms. The van der Waals surface area contributed by atoms with Crippen molar-refractivity contribution in [1.29, 1.82) is 0 Å². The molecule has 1 aliphatic heterocycles. The van der Waals surface area contributed by atoms with Gasteiger partial charge >= 0.3 is 5.97 Å². The lowest BCUT2D eigenvalue weighted by Gasteiger charge is -2.27. The van der Waals surface area contributed by atoms with E-state index in [4.69, 9.17) is 4.74 Å². The molecule has 2 aromatic carbocycles. The van der Waals surface area contributed by atoms with Crippen LogP contribution in [0.2, 0.25) is 0 Å². The maximum Gasteiger partial charge on any atom is 0.338 e. The molecule has 0 aromatic heterocycles. The summed E-state index contributed by atoms with van der Waals surface area (Å²) in [6.07, 6.45) is 0. The minimum Gasteiger partial charge on any atom is -0.458 e. The molecule has 0 spiro atoms. The number of esters is 1. The summed E-state index contributed by atoms with van der Waals surface area (Å²) in [5.41, 5.74) is -0.343. The summed E-state index contributed by atoms with van der Waals surface area (Å²) in [6.45, 7) is 4.95. The van der Waals surface area contributed by atoms with Gasteiger partial charge in [-0.25, -0.2) is 4.79 Å². The van der Waals surface area contributed by atoms with Crippen LogP contribution in [0.3, 0.4) is 0 Å². The lowest BCUT2D eigenvalue weighted by molar-refractivity contribution is -0.157. The van der Waals surface area contributed by atoms with E-state index in [2.05, 4.69) is 0 Å². The van der Waals surface area contributed by atoms with Gasteiger partial charge in [0.15, 0.2) is 5.78 Å². The van der Waals surface area contributed by atoms with Crippen LogP contribution in [0.5, 0.6) is 0 Å². The highest BCUT2D eigenvalue weighted by Crippen LogP contribution is 2.27. The quantitative estimate of drug-likeness (QED) is 0.360. The normalized spacial score (nSPS) is 14.7. The van der Waals surface area contributed by atoms with Crippen LogP contribution in [0.1, 0.15) is 51.8 Å². The van der Waals surface area contributed by atoms with Crippen LogP contribution in [0, 0.1) is 0 Å². The van der Waals surface area contributed by atoms with Gasteiger partial charge in [0.2, 0.25) is 6.04 Å². The van der Waals surface area contributed by atoms with E-state index in [0.29, 0.717) is 4.90 Å². The number of carbonyl (C=O) groups is 4. The van der Waals surface area contributed by atoms with Gasteiger partial charge in [0, 0.05) is 5.56 Å². The lowest BCUT2D eigenvalue weighted by Crippen LogP contribution is -2.51. The second kappa shape index (κ2) is 6.79. The topological polar surface area (TPSA) is 80.8 Å². The Morgan fingerprint density at radius 3 is 1.81 bits per heavy atom. The van der Waals surface area contributed by atoms with Gasteiger partial charge in [-0.1, -0.05) is 42.5 Å². The van der Waals surface area contributed by atoms with Crippen molar-refractivity contribution in [3.05, 3.63) is 71.3 Å². The van der Waals surface area contributed by atoms with Crippen molar-refractivity contribution in [1.82, 2.24) is 4.90 Å². The van der Waals surface area contributed by atoms with Crippen LogP contribution >= 0.6 is 0 Å². The molecule has 0 bridgehead atoms. The molecule has 6 heteroatoms. The van der Waals surface area contributed by atoms with E-state index in [-0.39, 0.29) is 16.7 Å². The fraction of sp³-hybridized carbons (Fsp3) is 0.238. The number of benzene rings is 2. The van der Waals surface area contributed by atoms with Gasteiger partial charge in [0.25, 0.3) is 11.8 Å². The number of fused-ring (bicyclic) bond motifs is 1. The third-order valence-corrected chi connectivity index (χ3v) is 4.02. The van der Waals surface area contributed by atoms with Crippen molar-refractivity contribution < 1.29 is 23.9 Å². The molecule has 0 N–H and O–H groups in total. The molecule has 6 nitrogen and oxygen atoms in total. The van der Waals surface area contributed by atoms with Crippen LogP contribution in [-0.2, 0) is 9.53 Å². The smallest absolute Gasteiger partial charge is 0.338 e. The molecule has 1 aliphatic rings. The van der Waals surface area contributed by atoms with E-state index >= 15 is 0 Å². The highest BCUT2D eigenvalue weighted by molar-refractivity contribution is 6.27. The van der Waals surface area contributed by atoms with Gasteiger partial charge in [-0.05, 0) is 32.9 Å². The minimum absolute atomic E-state index is 0.164. The Kier molecular flexibility index (Phi) is 4.66. The first-order valence-electron chi connectivity index (χ1n) is 8.50. The Morgan fingerprint density at radius 2 is 1.33 bits per heavy atom. The largest absolute Gasteiger partial charge is 0.458 e. The second-order valence-electron chi connectivity index (χ2n) is 7.19. The summed E-state index contributed by atoms with van der Waals surface area (Å²) in [7, 11) is 0. The molecular formula is C21H19NO5. The van der Waals surface area contributed by atoms with Gasteiger partial charge in [0.05, 0.1) is 11.1 Å². The average molecular weight is 365 g/mol. The maximum absolute atomic E-state index is 13.1. The highest BCUT2D eigenvalue weighted by atomic mass is 16.6. The van der Waals surface area contributed by atoms with E-state index in [0.717, 1.165) is 0 Å². The first kappa shape index (κ1) is 18.5. The van der Waals surface area contributed by atoms with Gasteiger partial charge in [-0.2, -0.15) is 0 Å². The first-order chi connectivity index (χ1) is 12.7. The van der Waals surface area contributed by atoms with Crippen LogP contribution < -0.4 is 0 Å². The lowest BCUT2D eigenvalue weighted by atomic mass is 10.0. The van der Waals surface area contributed by atoms with Crippen molar-refractivity contribution in [2.45, 2.75) is 32.4 Å². The summed E-state index contributed by atoms with van der Waals surface area (Å²) >= 11 is 0.